The maximum absolute atomic E-state index is 13.3. The van der Waals surface area contributed by atoms with Crippen LogP contribution in [0, 0.1) is 21.8 Å². The zero-order chi connectivity index (χ0) is 12.3. The summed E-state index contributed by atoms with van der Waals surface area (Å²) in [5.74, 6) is -0.458. The highest BCUT2D eigenvalue weighted by molar-refractivity contribution is 5.41. The Kier molecular flexibility index (Phi) is 3.89. The molecular weight excluding hydrogens is 220 g/mol. The van der Waals surface area contributed by atoms with Gasteiger partial charge in [0, 0.05) is 30.0 Å². The van der Waals surface area contributed by atoms with Gasteiger partial charge in [-0.3, -0.25) is 10.1 Å². The fourth-order valence-corrected chi connectivity index (χ4v) is 1.32. The molecule has 0 spiro atoms. The van der Waals surface area contributed by atoms with Crippen LogP contribution < -0.4 is 0 Å². The van der Waals surface area contributed by atoms with E-state index in [1.165, 1.54) is 6.92 Å². The Morgan fingerprint density at radius 1 is 1.62 bits per heavy atom. The highest BCUT2D eigenvalue weighted by Crippen LogP contribution is 2.26. The largest absolute Gasteiger partial charge is 0.364 e. The molecule has 0 heterocycles. The topological polar surface area (TPSA) is 63.4 Å². The second-order valence-electron chi connectivity index (χ2n) is 3.34. The maximum Gasteiger partial charge on any atom is 0.269 e. The number of hydrogen-bond donors (Lipinski definition) is 1. The molecule has 0 amide bonds. The lowest BCUT2D eigenvalue weighted by molar-refractivity contribution is -0.385. The Hall–Kier alpha value is -1.56. The Balaban J connectivity index is 3.02. The Morgan fingerprint density at radius 2 is 2.25 bits per heavy atom. The van der Waals surface area contributed by atoms with Crippen molar-refractivity contribution in [2.24, 2.45) is 0 Å². The van der Waals surface area contributed by atoms with Gasteiger partial charge in [0.1, 0.15) is 5.82 Å². The van der Waals surface area contributed by atoms with Crippen LogP contribution in [-0.2, 0) is 0 Å². The van der Waals surface area contributed by atoms with Crippen LogP contribution >= 0.6 is 0 Å². The lowest BCUT2D eigenvalue weighted by Gasteiger charge is -2.11. The van der Waals surface area contributed by atoms with Gasteiger partial charge < -0.3 is 5.11 Å². The van der Waals surface area contributed by atoms with E-state index in [-0.39, 0.29) is 23.6 Å². The van der Waals surface area contributed by atoms with Crippen LogP contribution in [0.25, 0.3) is 0 Å². The molecule has 1 atom stereocenters. The van der Waals surface area contributed by atoms with Crippen molar-refractivity contribution in [1.29, 1.82) is 0 Å². The van der Waals surface area contributed by atoms with Crippen molar-refractivity contribution in [2.75, 3.05) is 0 Å². The lowest BCUT2D eigenvalue weighted by Crippen LogP contribution is -2.07. The first-order valence-electron chi connectivity index (χ1n) is 4.50. The van der Waals surface area contributed by atoms with Gasteiger partial charge in [0.05, 0.1) is 4.92 Å². The van der Waals surface area contributed by atoms with Crippen LogP contribution in [0.1, 0.15) is 18.9 Å². The van der Waals surface area contributed by atoms with Crippen LogP contribution in [0.5, 0.6) is 0 Å². The van der Waals surface area contributed by atoms with E-state index in [0.29, 0.717) is 0 Å². The van der Waals surface area contributed by atoms with E-state index in [1.807, 2.05) is 0 Å². The van der Waals surface area contributed by atoms with Crippen LogP contribution in [0.2, 0.25) is 0 Å². The summed E-state index contributed by atoms with van der Waals surface area (Å²) < 4.78 is 25.6. The normalized spacial score (nSPS) is 12.8. The monoisotopic (exact) mass is 230 g/mol. The number of halogens is 2. The molecule has 1 radical (unpaired) electrons. The molecule has 6 heteroatoms. The molecule has 87 valence electrons. The highest BCUT2D eigenvalue weighted by atomic mass is 19.1. The van der Waals surface area contributed by atoms with Gasteiger partial charge in [-0.15, -0.1) is 0 Å². The van der Waals surface area contributed by atoms with Crippen molar-refractivity contribution in [3.8, 4) is 0 Å². The summed E-state index contributed by atoms with van der Waals surface area (Å²) in [6.07, 6.45) is -2.48. The summed E-state index contributed by atoms with van der Waals surface area (Å²) in [6, 6.07) is 2.99. The molecule has 4 nitrogen and oxygen atoms in total. The van der Waals surface area contributed by atoms with E-state index in [4.69, 9.17) is 5.11 Å². The predicted molar refractivity (Wildman–Crippen MR) is 52.8 cm³/mol. The first-order valence-corrected chi connectivity index (χ1v) is 4.50. The number of benzene rings is 1. The quantitative estimate of drug-likeness (QED) is 0.637. The number of non-ortho nitro benzene ring substituents is 1. The molecule has 0 aliphatic rings. The summed E-state index contributed by atoms with van der Waals surface area (Å²) in [5.41, 5.74) is -0.324. The Labute approximate surface area is 90.7 Å². The molecule has 1 N–H and O–H groups in total. The molecule has 1 rings (SSSR count). The molecule has 0 bridgehead atoms. The van der Waals surface area contributed by atoms with E-state index in [9.17, 15) is 18.9 Å². The molecule has 1 unspecified atom stereocenters. The second-order valence-corrected chi connectivity index (χ2v) is 3.34. The molecule has 1 aromatic rings. The van der Waals surface area contributed by atoms with Crippen LogP contribution in [0.4, 0.5) is 14.5 Å². The van der Waals surface area contributed by atoms with E-state index in [1.54, 1.807) is 0 Å². The standard InChI is InChI=1S/C10H10F2NO3/c1-6(4-10(12)14)8-5-7(13(15)16)2-3-9(8)11/h2-3,5,10,14H,4H2,1H3. The van der Waals surface area contributed by atoms with Gasteiger partial charge in [-0.05, 0) is 6.07 Å². The minimum Gasteiger partial charge on any atom is -0.364 e. The third-order valence-corrected chi connectivity index (χ3v) is 2.10. The van der Waals surface area contributed by atoms with E-state index >= 15 is 0 Å². The molecule has 1 aromatic carbocycles. The summed E-state index contributed by atoms with van der Waals surface area (Å²) in [6.45, 7) is 1.41. The third-order valence-electron chi connectivity index (χ3n) is 2.10. The number of hydrogen-bond acceptors (Lipinski definition) is 3. The van der Waals surface area contributed by atoms with Crippen LogP contribution in [0.3, 0.4) is 0 Å². The molecule has 0 fully saturated rings. The average molecular weight is 230 g/mol. The maximum atomic E-state index is 13.3. The summed E-state index contributed by atoms with van der Waals surface area (Å²) in [4.78, 5) is 9.80. The zero-order valence-electron chi connectivity index (χ0n) is 8.48. The summed E-state index contributed by atoms with van der Waals surface area (Å²) in [7, 11) is 0. The van der Waals surface area contributed by atoms with Gasteiger partial charge in [0.15, 0.2) is 6.36 Å². The van der Waals surface area contributed by atoms with Crippen molar-refractivity contribution < 1.29 is 18.8 Å². The Morgan fingerprint density at radius 3 is 2.75 bits per heavy atom. The molecule has 0 aliphatic heterocycles. The smallest absolute Gasteiger partial charge is 0.269 e. The van der Waals surface area contributed by atoms with Crippen molar-refractivity contribution in [2.45, 2.75) is 19.7 Å². The van der Waals surface area contributed by atoms with E-state index in [0.717, 1.165) is 18.2 Å². The summed E-state index contributed by atoms with van der Waals surface area (Å²) >= 11 is 0. The highest BCUT2D eigenvalue weighted by Gasteiger charge is 2.18. The third kappa shape index (κ3) is 2.96. The number of nitro groups is 1. The fourth-order valence-electron chi connectivity index (χ4n) is 1.32. The first-order chi connectivity index (χ1) is 7.41. The minimum absolute atomic E-state index is 0.0501. The zero-order valence-corrected chi connectivity index (χ0v) is 8.48. The van der Waals surface area contributed by atoms with Crippen molar-refractivity contribution >= 4 is 5.69 Å². The van der Waals surface area contributed by atoms with Gasteiger partial charge in [-0.25, -0.2) is 8.78 Å². The molecule has 0 aliphatic carbocycles. The van der Waals surface area contributed by atoms with Gasteiger partial charge in [0.2, 0.25) is 0 Å². The lowest BCUT2D eigenvalue weighted by atomic mass is 9.97. The summed E-state index contributed by atoms with van der Waals surface area (Å²) in [5, 5.41) is 19.0. The van der Waals surface area contributed by atoms with Crippen molar-refractivity contribution in [3.05, 3.63) is 45.6 Å². The first kappa shape index (κ1) is 12.5. The number of rotatable bonds is 4. The van der Waals surface area contributed by atoms with Crippen LogP contribution in [0.15, 0.2) is 18.2 Å². The molecular formula is C10H10F2NO3. The predicted octanol–water partition coefficient (Wildman–Crippen LogP) is 2.35. The van der Waals surface area contributed by atoms with E-state index < -0.39 is 17.1 Å². The minimum atomic E-state index is -2.10. The fraction of sp³-hybridized carbons (Fsp3) is 0.300. The SMILES string of the molecule is C[C](CC(O)F)c1cc([N+](=O)[O-])ccc1F. The van der Waals surface area contributed by atoms with Crippen LogP contribution in [-0.4, -0.2) is 16.4 Å². The molecule has 0 saturated heterocycles. The van der Waals surface area contributed by atoms with Gasteiger partial charge in [-0.2, -0.15) is 0 Å². The molecule has 0 aromatic heterocycles. The number of alkyl halides is 1. The number of nitrogens with zero attached hydrogens (tertiary/aromatic N) is 1. The van der Waals surface area contributed by atoms with Crippen molar-refractivity contribution in [1.82, 2.24) is 0 Å². The number of aliphatic hydroxyl groups excluding tert-OH is 1. The van der Waals surface area contributed by atoms with Gasteiger partial charge >= 0.3 is 0 Å². The number of nitro benzene ring substituents is 1. The van der Waals surface area contributed by atoms with Crippen molar-refractivity contribution in [3.63, 3.8) is 0 Å². The van der Waals surface area contributed by atoms with E-state index in [2.05, 4.69) is 0 Å². The Bertz CT molecular complexity index is 396. The second kappa shape index (κ2) is 4.98. The average Bonchev–Trinajstić information content (AvgIpc) is 2.16. The number of aliphatic hydroxyl groups is 1. The van der Waals surface area contributed by atoms with Gasteiger partial charge in [-0.1, -0.05) is 6.92 Å². The molecule has 16 heavy (non-hydrogen) atoms. The molecule has 0 saturated carbocycles. The van der Waals surface area contributed by atoms with Gasteiger partial charge in [0.25, 0.3) is 5.69 Å².